The van der Waals surface area contributed by atoms with E-state index in [9.17, 15) is 9.18 Å². The molecule has 0 radical (unpaired) electrons. The third-order valence-corrected chi connectivity index (χ3v) is 2.16. The maximum Gasteiger partial charge on any atom is 0.256 e. The number of anilines is 2. The lowest BCUT2D eigenvalue weighted by Gasteiger charge is -2.06. The minimum Gasteiger partial charge on any atom is -0.493 e. The molecule has 6 heteroatoms. The second-order valence-electron chi connectivity index (χ2n) is 3.54. The SMILES string of the molecule is Cc1ccc(Nc2nc(O)cc(=O)[nH]2)cc1F. The molecule has 1 aromatic carbocycles. The van der Waals surface area contributed by atoms with Crippen LogP contribution in [0.25, 0.3) is 0 Å². The number of hydrogen-bond donors (Lipinski definition) is 3. The molecule has 0 spiro atoms. The Morgan fingerprint density at radius 2 is 2.18 bits per heavy atom. The van der Waals surface area contributed by atoms with Crippen molar-refractivity contribution < 1.29 is 9.50 Å². The summed E-state index contributed by atoms with van der Waals surface area (Å²) in [5.74, 6) is -0.709. The van der Waals surface area contributed by atoms with E-state index in [-0.39, 0.29) is 11.8 Å². The largest absolute Gasteiger partial charge is 0.493 e. The van der Waals surface area contributed by atoms with Gasteiger partial charge in [0.2, 0.25) is 11.8 Å². The van der Waals surface area contributed by atoms with E-state index in [0.717, 1.165) is 6.07 Å². The Labute approximate surface area is 96.0 Å². The Morgan fingerprint density at radius 1 is 1.41 bits per heavy atom. The molecule has 17 heavy (non-hydrogen) atoms. The van der Waals surface area contributed by atoms with Gasteiger partial charge in [0.1, 0.15) is 5.82 Å². The average molecular weight is 235 g/mol. The van der Waals surface area contributed by atoms with Gasteiger partial charge in [-0.05, 0) is 24.6 Å². The van der Waals surface area contributed by atoms with Crippen molar-refractivity contribution in [2.24, 2.45) is 0 Å². The summed E-state index contributed by atoms with van der Waals surface area (Å²) in [5.41, 5.74) is 0.461. The third kappa shape index (κ3) is 2.60. The number of aromatic nitrogens is 2. The molecule has 1 aromatic heterocycles. The van der Waals surface area contributed by atoms with Gasteiger partial charge in [-0.1, -0.05) is 6.07 Å². The molecule has 5 nitrogen and oxygen atoms in total. The highest BCUT2D eigenvalue weighted by atomic mass is 19.1. The molecule has 0 aliphatic heterocycles. The molecule has 88 valence electrons. The van der Waals surface area contributed by atoms with Crippen LogP contribution in [0.1, 0.15) is 5.56 Å². The number of H-pyrrole nitrogens is 1. The summed E-state index contributed by atoms with van der Waals surface area (Å²) < 4.78 is 13.3. The van der Waals surface area contributed by atoms with Crippen molar-refractivity contribution in [1.29, 1.82) is 0 Å². The zero-order chi connectivity index (χ0) is 12.4. The lowest BCUT2D eigenvalue weighted by Crippen LogP contribution is -2.08. The van der Waals surface area contributed by atoms with Crippen molar-refractivity contribution in [2.45, 2.75) is 6.92 Å². The number of hydrogen-bond acceptors (Lipinski definition) is 4. The molecular formula is C11H10FN3O2. The molecule has 0 unspecified atom stereocenters. The van der Waals surface area contributed by atoms with Crippen LogP contribution >= 0.6 is 0 Å². The molecule has 0 saturated heterocycles. The summed E-state index contributed by atoms with van der Waals surface area (Å²) in [6, 6.07) is 5.46. The number of nitrogens with zero attached hydrogens (tertiary/aromatic N) is 1. The summed E-state index contributed by atoms with van der Waals surface area (Å²) in [4.78, 5) is 17.1. The van der Waals surface area contributed by atoms with Crippen molar-refractivity contribution in [3.63, 3.8) is 0 Å². The van der Waals surface area contributed by atoms with E-state index in [1.165, 1.54) is 6.07 Å². The molecule has 0 aliphatic carbocycles. The molecule has 0 amide bonds. The van der Waals surface area contributed by atoms with E-state index >= 15 is 0 Å². The number of aryl methyl sites for hydroxylation is 1. The van der Waals surface area contributed by atoms with Crippen LogP contribution < -0.4 is 10.9 Å². The standard InChI is InChI=1S/C11H10FN3O2/c1-6-2-3-7(4-8(6)12)13-11-14-9(16)5-10(17)15-11/h2-5H,1H3,(H3,13,14,15,16,17). The fourth-order valence-electron chi connectivity index (χ4n) is 1.31. The highest BCUT2D eigenvalue weighted by Crippen LogP contribution is 2.16. The van der Waals surface area contributed by atoms with Gasteiger partial charge < -0.3 is 10.4 Å². The predicted molar refractivity (Wildman–Crippen MR) is 60.9 cm³/mol. The fraction of sp³-hybridized carbons (Fsp3) is 0.0909. The van der Waals surface area contributed by atoms with Crippen LogP contribution in [0, 0.1) is 12.7 Å². The van der Waals surface area contributed by atoms with Gasteiger partial charge in [-0.15, -0.1) is 0 Å². The number of halogens is 1. The Balaban J connectivity index is 2.31. The van der Waals surface area contributed by atoms with Gasteiger partial charge >= 0.3 is 0 Å². The van der Waals surface area contributed by atoms with Crippen LogP contribution in [0.3, 0.4) is 0 Å². The zero-order valence-corrected chi connectivity index (χ0v) is 8.99. The van der Waals surface area contributed by atoms with Crippen LogP contribution in [0.15, 0.2) is 29.1 Å². The van der Waals surface area contributed by atoms with Gasteiger partial charge in [0.15, 0.2) is 0 Å². The number of benzene rings is 1. The summed E-state index contributed by atoms with van der Waals surface area (Å²) in [6.07, 6.45) is 0. The normalized spacial score (nSPS) is 10.2. The maximum atomic E-state index is 13.3. The Hall–Kier alpha value is -2.37. The average Bonchev–Trinajstić information content (AvgIpc) is 2.22. The molecule has 0 saturated carbocycles. The number of aromatic amines is 1. The first-order valence-corrected chi connectivity index (χ1v) is 4.88. The molecule has 3 N–H and O–H groups in total. The number of rotatable bonds is 2. The van der Waals surface area contributed by atoms with Crippen molar-refractivity contribution >= 4 is 11.6 Å². The second kappa shape index (κ2) is 4.25. The molecular weight excluding hydrogens is 225 g/mol. The molecule has 0 aliphatic rings. The molecule has 0 bridgehead atoms. The van der Waals surface area contributed by atoms with Gasteiger partial charge in [-0.3, -0.25) is 9.78 Å². The van der Waals surface area contributed by atoms with E-state index in [4.69, 9.17) is 5.11 Å². The number of nitrogens with one attached hydrogen (secondary N) is 2. The van der Waals surface area contributed by atoms with Gasteiger partial charge in [-0.25, -0.2) is 4.39 Å². The van der Waals surface area contributed by atoms with Crippen LogP contribution in [-0.4, -0.2) is 15.1 Å². The predicted octanol–water partition coefficient (Wildman–Crippen LogP) is 1.67. The monoisotopic (exact) mass is 235 g/mol. The summed E-state index contributed by atoms with van der Waals surface area (Å²) in [7, 11) is 0. The van der Waals surface area contributed by atoms with Gasteiger partial charge in [0, 0.05) is 5.69 Å². The van der Waals surface area contributed by atoms with Gasteiger partial charge in [-0.2, -0.15) is 4.98 Å². The third-order valence-electron chi connectivity index (χ3n) is 2.16. The summed E-state index contributed by atoms with van der Waals surface area (Å²) in [6.45, 7) is 1.65. The van der Waals surface area contributed by atoms with Gasteiger partial charge in [0.05, 0.1) is 6.07 Å². The Kier molecular flexibility index (Phi) is 2.78. The first kappa shape index (κ1) is 11.1. The molecule has 2 aromatic rings. The maximum absolute atomic E-state index is 13.3. The van der Waals surface area contributed by atoms with Crippen LogP contribution in [0.4, 0.5) is 16.0 Å². The Bertz CT molecular complexity index is 610. The minimum absolute atomic E-state index is 0.0539. The Morgan fingerprint density at radius 3 is 2.82 bits per heavy atom. The first-order chi connectivity index (χ1) is 8.04. The number of aromatic hydroxyl groups is 1. The van der Waals surface area contributed by atoms with Crippen molar-refractivity contribution in [3.05, 3.63) is 46.0 Å². The van der Waals surface area contributed by atoms with E-state index in [0.29, 0.717) is 11.3 Å². The highest BCUT2D eigenvalue weighted by molar-refractivity contribution is 5.54. The summed E-state index contributed by atoms with van der Waals surface area (Å²) >= 11 is 0. The lowest BCUT2D eigenvalue weighted by atomic mass is 10.2. The van der Waals surface area contributed by atoms with Crippen LogP contribution in [0.2, 0.25) is 0 Å². The van der Waals surface area contributed by atoms with E-state index in [2.05, 4.69) is 15.3 Å². The molecule has 0 fully saturated rings. The zero-order valence-electron chi connectivity index (χ0n) is 8.99. The highest BCUT2D eigenvalue weighted by Gasteiger charge is 2.02. The van der Waals surface area contributed by atoms with E-state index in [1.807, 2.05) is 0 Å². The topological polar surface area (TPSA) is 78.0 Å². The molecule has 1 heterocycles. The molecule has 2 rings (SSSR count). The first-order valence-electron chi connectivity index (χ1n) is 4.88. The van der Waals surface area contributed by atoms with Crippen LogP contribution in [-0.2, 0) is 0 Å². The van der Waals surface area contributed by atoms with E-state index < -0.39 is 11.4 Å². The van der Waals surface area contributed by atoms with E-state index in [1.54, 1.807) is 19.1 Å². The lowest BCUT2D eigenvalue weighted by molar-refractivity contribution is 0.452. The quantitative estimate of drug-likeness (QED) is 0.739. The molecule has 0 atom stereocenters. The van der Waals surface area contributed by atoms with Gasteiger partial charge in [0.25, 0.3) is 5.56 Å². The minimum atomic E-state index is -0.493. The fourth-order valence-corrected chi connectivity index (χ4v) is 1.31. The summed E-state index contributed by atoms with van der Waals surface area (Å²) in [5, 5.41) is 11.8. The smallest absolute Gasteiger partial charge is 0.256 e. The van der Waals surface area contributed by atoms with Crippen molar-refractivity contribution in [1.82, 2.24) is 9.97 Å². The van der Waals surface area contributed by atoms with Crippen LogP contribution in [0.5, 0.6) is 5.88 Å². The van der Waals surface area contributed by atoms with Crippen molar-refractivity contribution in [2.75, 3.05) is 5.32 Å². The second-order valence-corrected chi connectivity index (χ2v) is 3.54. The van der Waals surface area contributed by atoms with Crippen molar-refractivity contribution in [3.8, 4) is 5.88 Å².